The first-order valence-electron chi connectivity index (χ1n) is 11.9. The maximum atomic E-state index is 13.3. The molecule has 0 unspecified atom stereocenters. The molecule has 1 heterocycles. The predicted molar refractivity (Wildman–Crippen MR) is 142 cm³/mol. The number of benzene rings is 2. The number of carbonyl (C=O) groups is 1. The molecule has 0 aliphatic heterocycles. The minimum absolute atomic E-state index is 0.0356. The maximum Gasteiger partial charge on any atom is 0.265 e. The molecule has 0 saturated heterocycles. The van der Waals surface area contributed by atoms with Gasteiger partial charge in [-0.15, -0.1) is 0 Å². The van der Waals surface area contributed by atoms with Gasteiger partial charge in [-0.05, 0) is 67.6 Å². The molecule has 1 aliphatic rings. The van der Waals surface area contributed by atoms with Crippen molar-refractivity contribution < 1.29 is 23.1 Å². The van der Waals surface area contributed by atoms with E-state index >= 15 is 0 Å². The van der Waals surface area contributed by atoms with Crippen molar-refractivity contribution in [3.05, 3.63) is 47.7 Å². The SMILES string of the molecule is COc1ccc(-c2sc(NC(=O)CCC3CCCC3)nc2C)cc1S(=O)(=O)Nc1cc(C)cc(O)c1. The number of nitrogens with one attached hydrogen (secondary N) is 2. The normalized spacial score (nSPS) is 14.1. The molecule has 3 aromatic rings. The highest BCUT2D eigenvalue weighted by Gasteiger charge is 2.23. The van der Waals surface area contributed by atoms with Crippen LogP contribution in [0.4, 0.5) is 10.8 Å². The number of phenols is 1. The molecule has 1 aromatic heterocycles. The van der Waals surface area contributed by atoms with Gasteiger partial charge in [0.1, 0.15) is 16.4 Å². The van der Waals surface area contributed by atoms with Crippen LogP contribution in [0.3, 0.4) is 0 Å². The molecule has 3 N–H and O–H groups in total. The van der Waals surface area contributed by atoms with E-state index in [0.29, 0.717) is 34.3 Å². The third-order valence-corrected chi connectivity index (χ3v) is 8.85. The Morgan fingerprint density at radius 2 is 1.92 bits per heavy atom. The van der Waals surface area contributed by atoms with Gasteiger partial charge in [0, 0.05) is 12.5 Å². The third-order valence-electron chi connectivity index (χ3n) is 6.33. The van der Waals surface area contributed by atoms with Gasteiger partial charge in [-0.3, -0.25) is 9.52 Å². The Morgan fingerprint density at radius 1 is 1.17 bits per heavy atom. The van der Waals surface area contributed by atoms with Gasteiger partial charge in [-0.1, -0.05) is 37.0 Å². The molecule has 0 radical (unpaired) electrons. The number of carbonyl (C=O) groups excluding carboxylic acids is 1. The largest absolute Gasteiger partial charge is 0.508 e. The van der Waals surface area contributed by atoms with Crippen molar-refractivity contribution in [2.75, 3.05) is 17.1 Å². The Balaban J connectivity index is 1.56. The van der Waals surface area contributed by atoms with Crippen molar-refractivity contribution in [1.29, 1.82) is 0 Å². The molecule has 4 rings (SSSR count). The van der Waals surface area contributed by atoms with Crippen molar-refractivity contribution in [2.24, 2.45) is 5.92 Å². The first-order chi connectivity index (χ1) is 17.1. The monoisotopic (exact) mass is 529 g/mol. The van der Waals surface area contributed by atoms with Gasteiger partial charge in [0.05, 0.1) is 23.4 Å². The van der Waals surface area contributed by atoms with Crippen LogP contribution >= 0.6 is 11.3 Å². The summed E-state index contributed by atoms with van der Waals surface area (Å²) in [5.74, 6) is 0.740. The number of ether oxygens (including phenoxy) is 1. The van der Waals surface area contributed by atoms with Crippen LogP contribution in [0, 0.1) is 19.8 Å². The topological polar surface area (TPSA) is 118 Å². The van der Waals surface area contributed by atoms with E-state index in [1.165, 1.54) is 62.3 Å². The van der Waals surface area contributed by atoms with Crippen molar-refractivity contribution in [3.8, 4) is 21.9 Å². The smallest absolute Gasteiger partial charge is 0.265 e. The van der Waals surface area contributed by atoms with E-state index in [0.717, 1.165) is 11.3 Å². The second-order valence-corrected chi connectivity index (χ2v) is 11.8. The third kappa shape index (κ3) is 6.17. The number of nitrogens with zero attached hydrogens (tertiary/aromatic N) is 1. The molecule has 8 nitrogen and oxygen atoms in total. The molecule has 0 spiro atoms. The van der Waals surface area contributed by atoms with Crippen molar-refractivity contribution >= 4 is 38.1 Å². The Bertz CT molecular complexity index is 1340. The van der Waals surface area contributed by atoms with Gasteiger partial charge in [-0.2, -0.15) is 0 Å². The minimum atomic E-state index is -4.03. The van der Waals surface area contributed by atoms with Crippen LogP contribution in [0.2, 0.25) is 0 Å². The zero-order valence-electron chi connectivity index (χ0n) is 20.6. The Hall–Kier alpha value is -3.11. The molecule has 1 amide bonds. The Labute approximate surface area is 215 Å². The predicted octanol–water partition coefficient (Wildman–Crippen LogP) is 5.85. The first kappa shape index (κ1) is 26.0. The number of hydrogen-bond acceptors (Lipinski definition) is 7. The van der Waals surface area contributed by atoms with Crippen molar-refractivity contribution in [1.82, 2.24) is 4.98 Å². The zero-order chi connectivity index (χ0) is 25.9. The standard InChI is InChI=1S/C26H31N3O5S2/c1-16-12-20(15-21(30)13-16)29-36(32,33)23-14-19(9-10-22(23)34-3)25-17(2)27-26(35-25)28-24(31)11-8-18-6-4-5-7-18/h9-10,12-15,18,29-30H,4-8,11H2,1-3H3,(H,27,28,31). The highest BCUT2D eigenvalue weighted by Crippen LogP contribution is 2.37. The van der Waals surface area contributed by atoms with E-state index in [1.54, 1.807) is 25.1 Å². The number of rotatable bonds is 9. The van der Waals surface area contributed by atoms with Crippen molar-refractivity contribution in [3.63, 3.8) is 0 Å². The maximum absolute atomic E-state index is 13.3. The second-order valence-electron chi connectivity index (χ2n) is 9.20. The molecular formula is C26H31N3O5S2. The second kappa shape index (κ2) is 10.9. The molecule has 1 fully saturated rings. The number of aryl methyl sites for hydroxylation is 2. The molecule has 2 aromatic carbocycles. The summed E-state index contributed by atoms with van der Waals surface area (Å²) in [5.41, 5.74) is 2.30. The molecule has 192 valence electrons. The molecule has 1 aliphatic carbocycles. The van der Waals surface area contributed by atoms with E-state index in [1.807, 2.05) is 6.92 Å². The number of thiazole rings is 1. The molecule has 1 saturated carbocycles. The molecule has 36 heavy (non-hydrogen) atoms. The number of aromatic hydroxyl groups is 1. The number of aromatic nitrogens is 1. The summed E-state index contributed by atoms with van der Waals surface area (Å²) in [6.07, 6.45) is 6.29. The lowest BCUT2D eigenvalue weighted by Crippen LogP contribution is -2.14. The van der Waals surface area contributed by atoms with Gasteiger partial charge in [0.25, 0.3) is 10.0 Å². The lowest BCUT2D eigenvalue weighted by Gasteiger charge is -2.13. The number of hydrogen-bond donors (Lipinski definition) is 3. The number of phenolic OH excluding ortho intramolecular Hbond substituents is 1. The van der Waals surface area contributed by atoms with E-state index < -0.39 is 10.0 Å². The van der Waals surface area contributed by atoms with Gasteiger partial charge < -0.3 is 15.2 Å². The number of amides is 1. The molecular weight excluding hydrogens is 498 g/mol. The van der Waals surface area contributed by atoms with Gasteiger partial charge >= 0.3 is 0 Å². The van der Waals surface area contributed by atoms with Crippen LogP contribution < -0.4 is 14.8 Å². The summed E-state index contributed by atoms with van der Waals surface area (Å²) in [6.45, 7) is 3.59. The highest BCUT2D eigenvalue weighted by atomic mass is 32.2. The van der Waals surface area contributed by atoms with Gasteiger partial charge in [0.15, 0.2) is 5.13 Å². The fourth-order valence-electron chi connectivity index (χ4n) is 4.59. The van der Waals surface area contributed by atoms with E-state index in [-0.39, 0.29) is 28.0 Å². The number of sulfonamides is 1. The molecule has 10 heteroatoms. The zero-order valence-corrected chi connectivity index (χ0v) is 22.3. The van der Waals surface area contributed by atoms with Crippen LogP contribution in [0.15, 0.2) is 41.3 Å². The fraction of sp³-hybridized carbons (Fsp3) is 0.385. The lowest BCUT2D eigenvalue weighted by atomic mass is 10.0. The van der Waals surface area contributed by atoms with E-state index in [4.69, 9.17) is 4.74 Å². The van der Waals surface area contributed by atoms with Crippen LogP contribution in [-0.2, 0) is 14.8 Å². The fourth-order valence-corrected chi connectivity index (χ4v) is 6.81. The summed E-state index contributed by atoms with van der Waals surface area (Å²) >= 11 is 1.31. The Morgan fingerprint density at radius 3 is 2.61 bits per heavy atom. The van der Waals surface area contributed by atoms with Crippen LogP contribution in [0.1, 0.15) is 49.8 Å². The van der Waals surface area contributed by atoms with Gasteiger partial charge in [-0.25, -0.2) is 13.4 Å². The first-order valence-corrected chi connectivity index (χ1v) is 14.2. The summed E-state index contributed by atoms with van der Waals surface area (Å²) in [6, 6.07) is 9.40. The highest BCUT2D eigenvalue weighted by molar-refractivity contribution is 7.92. The van der Waals surface area contributed by atoms with E-state index in [2.05, 4.69) is 15.0 Å². The minimum Gasteiger partial charge on any atom is -0.508 e. The Kier molecular flexibility index (Phi) is 7.85. The average Bonchev–Trinajstić information content (AvgIpc) is 3.46. The van der Waals surface area contributed by atoms with Gasteiger partial charge in [0.2, 0.25) is 5.91 Å². The van der Waals surface area contributed by atoms with Crippen molar-refractivity contribution in [2.45, 2.75) is 57.3 Å². The summed E-state index contributed by atoms with van der Waals surface area (Å²) < 4.78 is 34.4. The quantitative estimate of drug-likeness (QED) is 0.320. The van der Waals surface area contributed by atoms with Crippen LogP contribution in [0.5, 0.6) is 11.5 Å². The molecule has 0 atom stereocenters. The van der Waals surface area contributed by atoms with Crippen LogP contribution in [0.25, 0.3) is 10.4 Å². The average molecular weight is 530 g/mol. The lowest BCUT2D eigenvalue weighted by molar-refractivity contribution is -0.116. The summed E-state index contributed by atoms with van der Waals surface area (Å²) in [7, 11) is -2.63. The summed E-state index contributed by atoms with van der Waals surface area (Å²) in [4.78, 5) is 17.7. The van der Waals surface area contributed by atoms with E-state index in [9.17, 15) is 18.3 Å². The number of methoxy groups -OCH3 is 1. The van der Waals surface area contributed by atoms with Crippen LogP contribution in [-0.4, -0.2) is 31.5 Å². The number of anilines is 2. The molecule has 0 bridgehead atoms. The summed E-state index contributed by atoms with van der Waals surface area (Å²) in [5, 5.41) is 13.2.